The highest BCUT2D eigenvalue weighted by Crippen LogP contribution is 2.37. The van der Waals surface area contributed by atoms with Crippen LogP contribution in [-0.4, -0.2) is 9.97 Å². The van der Waals surface area contributed by atoms with Gasteiger partial charge in [-0.3, -0.25) is 0 Å². The first-order valence-electron chi connectivity index (χ1n) is 2.89. The molecule has 0 aromatic carbocycles. The quantitative estimate of drug-likeness (QED) is 0.532. The van der Waals surface area contributed by atoms with Crippen molar-refractivity contribution in [2.45, 2.75) is 13.8 Å². The molecule has 0 fully saturated rings. The van der Waals surface area contributed by atoms with Crippen LogP contribution >= 0.6 is 0 Å². The van der Waals surface area contributed by atoms with Crippen molar-refractivity contribution in [3.8, 4) is 0 Å². The largest absolute Gasteiger partial charge is 0.334 e. The molecule has 1 aliphatic rings. The Bertz CT molecular complexity index is 267. The van der Waals surface area contributed by atoms with E-state index in [-0.39, 0.29) is 0 Å². The van der Waals surface area contributed by atoms with E-state index >= 15 is 0 Å². The molecule has 2 heterocycles. The van der Waals surface area contributed by atoms with Crippen molar-refractivity contribution in [3.63, 3.8) is 0 Å². The third kappa shape index (κ3) is 0.575. The second kappa shape index (κ2) is 1.23. The number of rotatable bonds is 0. The Labute approximate surface area is 53.1 Å². The number of hydrogen-bond donors (Lipinski definition) is 1. The summed E-state index contributed by atoms with van der Waals surface area (Å²) < 4.78 is 0. The van der Waals surface area contributed by atoms with E-state index in [4.69, 9.17) is 0 Å². The first kappa shape index (κ1) is 4.73. The Kier molecular flexibility index (Phi) is 0.649. The van der Waals surface area contributed by atoms with Gasteiger partial charge in [0.2, 0.25) is 0 Å². The van der Waals surface area contributed by atoms with Crippen molar-refractivity contribution in [2.75, 3.05) is 5.32 Å². The molecule has 0 saturated heterocycles. The Morgan fingerprint density at radius 2 is 2.00 bits per heavy atom. The van der Waals surface area contributed by atoms with Crippen molar-refractivity contribution in [3.05, 3.63) is 11.5 Å². The molecule has 0 unspecified atom stereocenters. The van der Waals surface area contributed by atoms with E-state index in [0.717, 1.165) is 23.0 Å². The van der Waals surface area contributed by atoms with Crippen LogP contribution in [0.2, 0.25) is 0 Å². The van der Waals surface area contributed by atoms with Crippen LogP contribution in [0.15, 0.2) is 0 Å². The number of anilines is 2. The van der Waals surface area contributed by atoms with E-state index < -0.39 is 0 Å². The zero-order valence-electron chi connectivity index (χ0n) is 5.39. The van der Waals surface area contributed by atoms with Crippen LogP contribution in [0, 0.1) is 13.8 Å². The van der Waals surface area contributed by atoms with Crippen LogP contribution in [0.3, 0.4) is 0 Å². The average molecular weight is 121 g/mol. The summed E-state index contributed by atoms with van der Waals surface area (Å²) in [6.07, 6.45) is 0. The predicted octanol–water partition coefficient (Wildman–Crippen LogP) is 1.15. The number of hydrogen-bond acceptors (Lipinski definition) is 3. The molecule has 1 aliphatic heterocycles. The minimum atomic E-state index is 0.844. The van der Waals surface area contributed by atoms with Gasteiger partial charge in [-0.1, -0.05) is 0 Å². The molecule has 0 spiro atoms. The highest BCUT2D eigenvalue weighted by atomic mass is 15.2. The fourth-order valence-electron chi connectivity index (χ4n) is 0.918. The van der Waals surface area contributed by atoms with Crippen LogP contribution < -0.4 is 5.32 Å². The van der Waals surface area contributed by atoms with Crippen LogP contribution in [0.25, 0.3) is 0 Å². The monoisotopic (exact) mass is 121 g/mol. The van der Waals surface area contributed by atoms with Gasteiger partial charge < -0.3 is 5.32 Å². The summed E-state index contributed by atoms with van der Waals surface area (Å²) in [6, 6.07) is 0. The topological polar surface area (TPSA) is 47.7 Å². The minimum absolute atomic E-state index is 0.844. The van der Waals surface area contributed by atoms with E-state index in [1.807, 2.05) is 13.8 Å². The van der Waals surface area contributed by atoms with Gasteiger partial charge in [-0.2, -0.15) is 0 Å². The molecule has 1 N–H and O–H groups in total. The lowest BCUT2D eigenvalue weighted by atomic mass is 10.4. The molecule has 2 rings (SSSR count). The van der Waals surface area contributed by atoms with Crippen LogP contribution in [0.1, 0.15) is 11.5 Å². The van der Waals surface area contributed by atoms with Gasteiger partial charge in [-0.05, 0) is 13.8 Å². The molecule has 3 nitrogen and oxygen atoms in total. The fraction of sp³-hybridized carbons (Fsp3) is 0.333. The molecular formula is C6H7N3. The highest BCUT2D eigenvalue weighted by Gasteiger charge is 2.21. The lowest BCUT2D eigenvalue weighted by Crippen LogP contribution is -1.83. The summed E-state index contributed by atoms with van der Waals surface area (Å²) in [7, 11) is 0. The van der Waals surface area contributed by atoms with E-state index in [9.17, 15) is 0 Å². The molecule has 0 saturated carbocycles. The van der Waals surface area contributed by atoms with Crippen LogP contribution in [-0.2, 0) is 0 Å². The molecule has 0 bridgehead atoms. The first-order valence-corrected chi connectivity index (χ1v) is 2.89. The molecule has 0 atom stereocenters. The zero-order chi connectivity index (χ0) is 6.43. The number of nitrogens with one attached hydrogen (secondary N) is 1. The Balaban J connectivity index is 2.67. The molecule has 0 amide bonds. The summed E-state index contributed by atoms with van der Waals surface area (Å²) >= 11 is 0. The predicted molar refractivity (Wildman–Crippen MR) is 34.8 cm³/mol. The maximum Gasteiger partial charge on any atom is 0.158 e. The van der Waals surface area contributed by atoms with Gasteiger partial charge in [0.05, 0.1) is 5.69 Å². The maximum atomic E-state index is 4.15. The summed E-state index contributed by atoms with van der Waals surface area (Å²) in [5.74, 6) is 1.84. The Hall–Kier alpha value is -1.12. The van der Waals surface area contributed by atoms with Crippen molar-refractivity contribution < 1.29 is 0 Å². The van der Waals surface area contributed by atoms with E-state index in [1.165, 1.54) is 0 Å². The number of nitrogens with zero attached hydrogens (tertiary/aromatic N) is 2. The van der Waals surface area contributed by atoms with Crippen molar-refractivity contribution >= 4 is 11.5 Å². The van der Waals surface area contributed by atoms with Crippen molar-refractivity contribution in [2.24, 2.45) is 0 Å². The van der Waals surface area contributed by atoms with E-state index in [0.29, 0.717) is 0 Å². The van der Waals surface area contributed by atoms with Gasteiger partial charge in [0.25, 0.3) is 0 Å². The number of aryl methyl sites for hydroxylation is 2. The standard InChI is InChI=1S/C6H7N3/c1-3-5-6(9-5)8-4(2)7-3/h1-2H3,(H,7,8,9). The number of aromatic nitrogens is 2. The molecular weight excluding hydrogens is 114 g/mol. The van der Waals surface area contributed by atoms with Gasteiger partial charge in [0.15, 0.2) is 5.82 Å². The van der Waals surface area contributed by atoms with Crippen molar-refractivity contribution in [1.82, 2.24) is 9.97 Å². The molecule has 0 radical (unpaired) electrons. The maximum absolute atomic E-state index is 4.15. The fourth-order valence-corrected chi connectivity index (χ4v) is 0.918. The smallest absolute Gasteiger partial charge is 0.158 e. The first-order chi connectivity index (χ1) is 4.27. The second-order valence-corrected chi connectivity index (χ2v) is 2.20. The average Bonchev–Trinajstić information content (AvgIpc) is 2.43. The zero-order valence-corrected chi connectivity index (χ0v) is 5.39. The van der Waals surface area contributed by atoms with Gasteiger partial charge in [-0.25, -0.2) is 9.97 Å². The lowest BCUT2D eigenvalue weighted by Gasteiger charge is -1.86. The molecule has 1 aromatic heterocycles. The molecule has 46 valence electrons. The van der Waals surface area contributed by atoms with Gasteiger partial charge in [0.1, 0.15) is 11.5 Å². The molecule has 0 aliphatic carbocycles. The van der Waals surface area contributed by atoms with Crippen molar-refractivity contribution in [1.29, 1.82) is 0 Å². The molecule has 9 heavy (non-hydrogen) atoms. The van der Waals surface area contributed by atoms with Gasteiger partial charge >= 0.3 is 0 Å². The lowest BCUT2D eigenvalue weighted by molar-refractivity contribution is 1.05. The van der Waals surface area contributed by atoms with E-state index in [1.54, 1.807) is 0 Å². The summed E-state index contributed by atoms with van der Waals surface area (Å²) in [4.78, 5) is 8.26. The van der Waals surface area contributed by atoms with E-state index in [2.05, 4.69) is 15.3 Å². The Morgan fingerprint density at radius 1 is 1.22 bits per heavy atom. The van der Waals surface area contributed by atoms with Gasteiger partial charge in [-0.15, -0.1) is 0 Å². The van der Waals surface area contributed by atoms with Crippen LogP contribution in [0.4, 0.5) is 11.5 Å². The summed E-state index contributed by atoms with van der Waals surface area (Å²) in [6.45, 7) is 3.88. The number of fused-ring (bicyclic) bond motifs is 1. The normalized spacial score (nSPS) is 12.2. The van der Waals surface area contributed by atoms with Gasteiger partial charge in [0, 0.05) is 0 Å². The minimum Gasteiger partial charge on any atom is -0.334 e. The summed E-state index contributed by atoms with van der Waals surface area (Å²) in [5.41, 5.74) is 2.16. The SMILES string of the molecule is Cc1nc(C)c2c(n1)N2. The van der Waals surface area contributed by atoms with Crippen LogP contribution in [0.5, 0.6) is 0 Å². The second-order valence-electron chi connectivity index (χ2n) is 2.20. The molecule has 1 aromatic rings. The molecule has 3 heteroatoms. The summed E-state index contributed by atoms with van der Waals surface area (Å²) in [5, 5.41) is 3.03. The Morgan fingerprint density at radius 3 is 2.67 bits per heavy atom. The highest BCUT2D eigenvalue weighted by molar-refractivity contribution is 5.87. The third-order valence-electron chi connectivity index (χ3n) is 1.38. The third-order valence-corrected chi connectivity index (χ3v) is 1.38.